The van der Waals surface area contributed by atoms with Gasteiger partial charge in [-0.15, -0.1) is 0 Å². The molecule has 2 aliphatic rings. The average molecular weight is 472 g/mol. The lowest BCUT2D eigenvalue weighted by molar-refractivity contribution is 0.386. The summed E-state index contributed by atoms with van der Waals surface area (Å²) >= 11 is 12.7. The molecule has 32 heavy (non-hydrogen) atoms. The van der Waals surface area contributed by atoms with Crippen LogP contribution < -0.4 is 16.0 Å². The Labute approximate surface area is 199 Å². The lowest BCUT2D eigenvalue weighted by Crippen LogP contribution is -2.39. The highest BCUT2D eigenvalue weighted by Crippen LogP contribution is 2.33. The quantitative estimate of drug-likeness (QED) is 0.487. The Bertz CT molecular complexity index is 1050. The number of aromatic nitrogens is 2. The molecule has 1 aromatic heterocycles. The number of fused-ring (bicyclic) bond motifs is 1. The van der Waals surface area contributed by atoms with E-state index in [1.54, 1.807) is 0 Å². The summed E-state index contributed by atoms with van der Waals surface area (Å²) in [6.07, 6.45) is 4.62. The summed E-state index contributed by atoms with van der Waals surface area (Å²) in [4.78, 5) is 5.01. The lowest BCUT2D eigenvalue weighted by atomic mass is 9.97. The fraction of sp³-hybridized carbons (Fsp3) is 0.480. The van der Waals surface area contributed by atoms with E-state index in [4.69, 9.17) is 28.2 Å². The highest BCUT2D eigenvalue weighted by molar-refractivity contribution is 6.42. The number of nitrogens with zero attached hydrogens (tertiary/aromatic N) is 2. The van der Waals surface area contributed by atoms with Crippen LogP contribution in [0.15, 0.2) is 36.4 Å². The molecule has 5 nitrogen and oxygen atoms in total. The molecule has 0 spiro atoms. The first-order valence-corrected chi connectivity index (χ1v) is 12.5. The maximum absolute atomic E-state index is 6.38. The van der Waals surface area contributed by atoms with Crippen LogP contribution in [-0.4, -0.2) is 41.8 Å². The molecule has 2 saturated heterocycles. The Balaban J connectivity index is 1.37. The minimum Gasteiger partial charge on any atom is -0.323 e. The van der Waals surface area contributed by atoms with Crippen molar-refractivity contribution >= 4 is 34.2 Å². The number of nitrogens with one attached hydrogen (secondary N) is 3. The van der Waals surface area contributed by atoms with Crippen molar-refractivity contribution in [1.82, 2.24) is 25.5 Å². The molecular weight excluding hydrogens is 441 g/mol. The van der Waals surface area contributed by atoms with E-state index in [2.05, 4.69) is 44.8 Å². The van der Waals surface area contributed by atoms with Crippen molar-refractivity contribution in [1.29, 1.82) is 0 Å². The van der Waals surface area contributed by atoms with Crippen LogP contribution in [0.25, 0.3) is 11.0 Å². The van der Waals surface area contributed by atoms with Crippen LogP contribution >= 0.6 is 23.2 Å². The van der Waals surface area contributed by atoms with E-state index in [1.807, 2.05) is 12.1 Å². The first kappa shape index (κ1) is 22.2. The van der Waals surface area contributed by atoms with Crippen LogP contribution in [0.5, 0.6) is 0 Å². The number of piperidine rings is 2. The minimum absolute atomic E-state index is 0.453. The van der Waals surface area contributed by atoms with Gasteiger partial charge in [0, 0.05) is 25.0 Å². The molecule has 2 fully saturated rings. The molecule has 0 atom stereocenters. The smallest absolute Gasteiger partial charge is 0.113 e. The van der Waals surface area contributed by atoms with Gasteiger partial charge in [0.1, 0.15) is 5.82 Å². The zero-order valence-corrected chi connectivity index (χ0v) is 19.9. The van der Waals surface area contributed by atoms with Crippen LogP contribution in [0.3, 0.4) is 0 Å². The maximum Gasteiger partial charge on any atom is 0.113 e. The van der Waals surface area contributed by atoms with Crippen molar-refractivity contribution in [3.05, 3.63) is 63.4 Å². The summed E-state index contributed by atoms with van der Waals surface area (Å²) in [5.41, 5.74) is 4.59. The summed E-state index contributed by atoms with van der Waals surface area (Å²) in [5, 5.41) is 11.7. The molecule has 0 amide bonds. The number of imidazole rings is 1. The molecular formula is C25H31Cl2N5. The van der Waals surface area contributed by atoms with Gasteiger partial charge in [-0.2, -0.15) is 0 Å². The van der Waals surface area contributed by atoms with Gasteiger partial charge < -0.3 is 20.5 Å². The lowest BCUT2D eigenvalue weighted by Gasteiger charge is -2.24. The van der Waals surface area contributed by atoms with Gasteiger partial charge in [0.2, 0.25) is 0 Å². The number of halogens is 2. The topological polar surface area (TPSA) is 53.9 Å². The van der Waals surface area contributed by atoms with E-state index >= 15 is 0 Å². The van der Waals surface area contributed by atoms with Gasteiger partial charge in [-0.25, -0.2) is 4.98 Å². The summed E-state index contributed by atoms with van der Waals surface area (Å²) in [7, 11) is 0. The Morgan fingerprint density at radius 3 is 2.22 bits per heavy atom. The van der Waals surface area contributed by atoms with Gasteiger partial charge in [0.25, 0.3) is 0 Å². The fourth-order valence-corrected chi connectivity index (χ4v) is 5.25. The third-order valence-electron chi connectivity index (χ3n) is 6.82. The Hall–Kier alpha value is -1.63. The van der Waals surface area contributed by atoms with Gasteiger partial charge in [0.05, 0.1) is 21.1 Å². The third kappa shape index (κ3) is 4.97. The van der Waals surface area contributed by atoms with Gasteiger partial charge in [-0.1, -0.05) is 47.5 Å². The molecule has 170 valence electrons. The Morgan fingerprint density at radius 2 is 1.50 bits per heavy atom. The highest BCUT2D eigenvalue weighted by atomic mass is 35.5. The number of rotatable bonds is 6. The molecule has 5 rings (SSSR count). The third-order valence-corrected chi connectivity index (χ3v) is 7.54. The molecule has 0 saturated carbocycles. The predicted molar refractivity (Wildman–Crippen MR) is 133 cm³/mol. The Morgan fingerprint density at radius 1 is 0.875 bits per heavy atom. The van der Waals surface area contributed by atoms with Gasteiger partial charge in [-0.3, -0.25) is 0 Å². The Kier molecular flexibility index (Phi) is 7.00. The van der Waals surface area contributed by atoms with Crippen LogP contribution in [-0.2, 0) is 13.1 Å². The zero-order chi connectivity index (χ0) is 21.9. The molecule has 3 heterocycles. The highest BCUT2D eigenvalue weighted by Gasteiger charge is 2.23. The fourth-order valence-electron chi connectivity index (χ4n) is 4.93. The van der Waals surface area contributed by atoms with Crippen LogP contribution in [0.2, 0.25) is 10.0 Å². The largest absolute Gasteiger partial charge is 0.323 e. The van der Waals surface area contributed by atoms with Crippen LogP contribution in [0.1, 0.15) is 48.6 Å². The van der Waals surface area contributed by atoms with Crippen LogP contribution in [0, 0.1) is 0 Å². The second-order valence-corrected chi connectivity index (χ2v) is 9.87. The molecule has 0 aliphatic carbocycles. The summed E-state index contributed by atoms with van der Waals surface area (Å²) in [6, 6.07) is 13.5. The minimum atomic E-state index is 0.453. The summed E-state index contributed by atoms with van der Waals surface area (Å²) in [5.74, 6) is 1.60. The van der Waals surface area contributed by atoms with E-state index < -0.39 is 0 Å². The predicted octanol–water partition coefficient (Wildman–Crippen LogP) is 4.70. The van der Waals surface area contributed by atoms with E-state index in [0.717, 1.165) is 69.0 Å². The van der Waals surface area contributed by atoms with Gasteiger partial charge >= 0.3 is 0 Å². The van der Waals surface area contributed by atoms with Crippen molar-refractivity contribution in [3.8, 4) is 0 Å². The normalized spacial score (nSPS) is 18.4. The molecule has 0 unspecified atom stereocenters. The zero-order valence-electron chi connectivity index (χ0n) is 18.3. The van der Waals surface area contributed by atoms with Crippen molar-refractivity contribution in [2.24, 2.45) is 0 Å². The maximum atomic E-state index is 6.38. The van der Waals surface area contributed by atoms with Crippen molar-refractivity contribution < 1.29 is 0 Å². The second kappa shape index (κ2) is 10.1. The number of hydrogen-bond acceptors (Lipinski definition) is 4. The van der Waals surface area contributed by atoms with Crippen LogP contribution in [0.4, 0.5) is 0 Å². The van der Waals surface area contributed by atoms with Crippen molar-refractivity contribution in [2.75, 3.05) is 26.2 Å². The van der Waals surface area contributed by atoms with E-state index in [-0.39, 0.29) is 0 Å². The second-order valence-electron chi connectivity index (χ2n) is 9.06. The monoisotopic (exact) mass is 471 g/mol. The molecule has 3 N–H and O–H groups in total. The van der Waals surface area contributed by atoms with Crippen molar-refractivity contribution in [2.45, 2.75) is 50.7 Å². The van der Waals surface area contributed by atoms with E-state index in [1.165, 1.54) is 24.0 Å². The first-order chi connectivity index (χ1) is 15.7. The summed E-state index contributed by atoms with van der Waals surface area (Å²) in [6.45, 7) is 6.01. The first-order valence-electron chi connectivity index (χ1n) is 11.7. The SMILES string of the molecule is Clc1cc2nc(C3CCNCC3)n(Cc3ccc(CNC4CCNCC4)cc3)c2cc1Cl. The molecule has 0 radical (unpaired) electrons. The van der Waals surface area contributed by atoms with Gasteiger partial charge in [0.15, 0.2) is 0 Å². The summed E-state index contributed by atoms with van der Waals surface area (Å²) < 4.78 is 2.34. The average Bonchev–Trinajstić information content (AvgIpc) is 3.17. The standard InChI is InChI=1S/C25H31Cl2N5/c26-21-13-23-24(14-22(21)27)32(25(31-23)19-5-9-28-10-6-19)16-18-3-1-17(2-4-18)15-30-20-7-11-29-12-8-20/h1-4,13-14,19-20,28-30H,5-12,15-16H2. The number of benzene rings is 2. The van der Waals surface area contributed by atoms with Gasteiger partial charge in [-0.05, 0) is 75.1 Å². The molecule has 2 aromatic carbocycles. The van der Waals surface area contributed by atoms with E-state index in [9.17, 15) is 0 Å². The molecule has 3 aromatic rings. The van der Waals surface area contributed by atoms with Crippen molar-refractivity contribution in [3.63, 3.8) is 0 Å². The van der Waals surface area contributed by atoms with E-state index in [0.29, 0.717) is 22.0 Å². The molecule has 0 bridgehead atoms. The molecule has 7 heteroatoms. The number of hydrogen-bond donors (Lipinski definition) is 3. The molecule has 2 aliphatic heterocycles.